The van der Waals surface area contributed by atoms with Crippen LogP contribution >= 0.6 is 12.2 Å². The number of benzene rings is 1. The molecule has 0 aliphatic carbocycles. The summed E-state index contributed by atoms with van der Waals surface area (Å²) in [4.78, 5) is 11.8. The average Bonchev–Trinajstić information content (AvgIpc) is 2.39. The molecule has 3 N–H and O–H groups in total. The first-order valence-electron chi connectivity index (χ1n) is 6.41. The van der Waals surface area contributed by atoms with Gasteiger partial charge in [0.25, 0.3) is 0 Å². The highest BCUT2D eigenvalue weighted by Gasteiger charge is 2.07. The number of amides is 1. The number of hydrazine groups is 1. The van der Waals surface area contributed by atoms with E-state index in [4.69, 9.17) is 17.0 Å². The lowest BCUT2D eigenvalue weighted by Gasteiger charge is -2.16. The Morgan fingerprint density at radius 2 is 2.05 bits per heavy atom. The maximum Gasteiger partial charge on any atom is 0.242 e. The summed E-state index contributed by atoms with van der Waals surface area (Å²) in [5, 5.41) is 3.36. The van der Waals surface area contributed by atoms with Crippen molar-refractivity contribution in [3.05, 3.63) is 35.4 Å². The Hall–Kier alpha value is -1.66. The highest BCUT2D eigenvalue weighted by Crippen LogP contribution is 2.07. The smallest absolute Gasteiger partial charge is 0.242 e. The van der Waals surface area contributed by atoms with E-state index in [-0.39, 0.29) is 11.9 Å². The number of hydrogen-bond donors (Lipinski definition) is 3. The molecule has 1 aromatic rings. The van der Waals surface area contributed by atoms with Gasteiger partial charge < -0.3 is 10.1 Å². The lowest BCUT2D eigenvalue weighted by molar-refractivity contribution is -0.121. The number of aryl methyl sites for hydroxylation is 1. The Morgan fingerprint density at radius 3 is 2.70 bits per heavy atom. The van der Waals surface area contributed by atoms with Crippen molar-refractivity contribution in [2.24, 2.45) is 0 Å². The van der Waals surface area contributed by atoms with Crippen LogP contribution in [0.2, 0.25) is 0 Å². The molecule has 0 aliphatic heterocycles. The molecular weight excluding hydrogens is 274 g/mol. The molecule has 1 aromatic carbocycles. The van der Waals surface area contributed by atoms with Gasteiger partial charge in [0.1, 0.15) is 0 Å². The third-order valence-electron chi connectivity index (χ3n) is 2.72. The summed E-state index contributed by atoms with van der Waals surface area (Å²) in [5.74, 6) is -0.136. The molecule has 0 radical (unpaired) electrons. The molecule has 0 unspecified atom stereocenters. The summed E-state index contributed by atoms with van der Waals surface area (Å²) in [6.45, 7) is 4.46. The van der Waals surface area contributed by atoms with Crippen molar-refractivity contribution in [1.29, 1.82) is 0 Å². The van der Waals surface area contributed by atoms with Crippen molar-refractivity contribution in [2.75, 3.05) is 13.7 Å². The van der Waals surface area contributed by atoms with Crippen molar-refractivity contribution in [3.63, 3.8) is 0 Å². The zero-order valence-electron chi connectivity index (χ0n) is 12.0. The number of ether oxygens (including phenoxy) is 1. The number of methoxy groups -OCH3 is 1. The van der Waals surface area contributed by atoms with Gasteiger partial charge in [-0.2, -0.15) is 0 Å². The third kappa shape index (κ3) is 5.99. The van der Waals surface area contributed by atoms with Gasteiger partial charge in [-0.15, -0.1) is 0 Å². The average molecular weight is 295 g/mol. The van der Waals surface area contributed by atoms with Gasteiger partial charge in [-0.3, -0.25) is 15.6 Å². The van der Waals surface area contributed by atoms with Gasteiger partial charge in [0.2, 0.25) is 5.91 Å². The van der Waals surface area contributed by atoms with E-state index < -0.39 is 0 Å². The second kappa shape index (κ2) is 8.50. The molecule has 0 saturated carbocycles. The predicted octanol–water partition coefficient (Wildman–Crippen LogP) is 1.07. The monoisotopic (exact) mass is 295 g/mol. The number of rotatable bonds is 5. The Labute approximate surface area is 125 Å². The lowest BCUT2D eigenvalue weighted by atomic mass is 10.1. The molecule has 5 nitrogen and oxygen atoms in total. The largest absolute Gasteiger partial charge is 0.383 e. The minimum Gasteiger partial charge on any atom is -0.383 e. The number of carbonyl (C=O) groups is 1. The van der Waals surface area contributed by atoms with E-state index in [1.807, 2.05) is 38.1 Å². The van der Waals surface area contributed by atoms with E-state index in [1.54, 1.807) is 7.11 Å². The summed E-state index contributed by atoms with van der Waals surface area (Å²) < 4.78 is 4.99. The standard InChI is InChI=1S/C14H21N3O2S/c1-10-6-4-5-7-12(10)8-13(18)16-17-14(20)15-11(2)9-19-3/h4-7,11H,8-9H2,1-3H3,(H,16,18)(H2,15,17,20)/t11-/m0/s1. The Morgan fingerprint density at radius 1 is 1.35 bits per heavy atom. The van der Waals surface area contributed by atoms with Crippen molar-refractivity contribution in [3.8, 4) is 0 Å². The van der Waals surface area contributed by atoms with E-state index >= 15 is 0 Å². The van der Waals surface area contributed by atoms with Crippen molar-refractivity contribution in [1.82, 2.24) is 16.2 Å². The maximum atomic E-state index is 11.8. The topological polar surface area (TPSA) is 62.4 Å². The van der Waals surface area contributed by atoms with E-state index in [1.165, 1.54) is 0 Å². The molecule has 0 aliphatic rings. The molecule has 0 heterocycles. The van der Waals surface area contributed by atoms with Crippen LogP contribution in [-0.2, 0) is 16.0 Å². The minimum atomic E-state index is -0.136. The Kier molecular flexibility index (Phi) is 6.97. The molecule has 0 spiro atoms. The van der Waals surface area contributed by atoms with Crippen LogP contribution in [0.3, 0.4) is 0 Å². The summed E-state index contributed by atoms with van der Waals surface area (Å²) in [6.07, 6.45) is 0.315. The molecular formula is C14H21N3O2S. The van der Waals surface area contributed by atoms with Gasteiger partial charge in [-0.25, -0.2) is 0 Å². The van der Waals surface area contributed by atoms with E-state index in [0.29, 0.717) is 18.1 Å². The fourth-order valence-electron chi connectivity index (χ4n) is 1.70. The number of carbonyl (C=O) groups excluding carboxylic acids is 1. The molecule has 110 valence electrons. The number of nitrogens with one attached hydrogen (secondary N) is 3. The first kappa shape index (κ1) is 16.4. The van der Waals surface area contributed by atoms with Crippen molar-refractivity contribution < 1.29 is 9.53 Å². The van der Waals surface area contributed by atoms with Crippen LogP contribution in [0.15, 0.2) is 24.3 Å². The van der Waals surface area contributed by atoms with Crippen LogP contribution in [0, 0.1) is 6.92 Å². The molecule has 0 aromatic heterocycles. The van der Waals surface area contributed by atoms with Crippen molar-refractivity contribution >= 4 is 23.2 Å². The number of hydrogen-bond acceptors (Lipinski definition) is 3. The summed E-state index contributed by atoms with van der Waals surface area (Å²) >= 11 is 5.06. The highest BCUT2D eigenvalue weighted by molar-refractivity contribution is 7.80. The van der Waals surface area contributed by atoms with E-state index in [0.717, 1.165) is 11.1 Å². The van der Waals surface area contributed by atoms with Gasteiger partial charge >= 0.3 is 0 Å². The van der Waals surface area contributed by atoms with Gasteiger partial charge in [-0.1, -0.05) is 24.3 Å². The second-order valence-corrected chi connectivity index (χ2v) is 5.01. The maximum absolute atomic E-state index is 11.8. The van der Waals surface area contributed by atoms with Crippen LogP contribution in [0.5, 0.6) is 0 Å². The van der Waals surface area contributed by atoms with Gasteiger partial charge in [0.15, 0.2) is 5.11 Å². The first-order valence-corrected chi connectivity index (χ1v) is 6.82. The zero-order valence-corrected chi connectivity index (χ0v) is 12.8. The molecule has 1 atom stereocenters. The molecule has 1 rings (SSSR count). The zero-order chi connectivity index (χ0) is 15.0. The number of thiocarbonyl (C=S) groups is 1. The van der Waals surface area contributed by atoms with E-state index in [2.05, 4.69) is 16.2 Å². The molecule has 6 heteroatoms. The van der Waals surface area contributed by atoms with Crippen molar-refractivity contribution in [2.45, 2.75) is 26.3 Å². The first-order chi connectivity index (χ1) is 9.52. The summed E-state index contributed by atoms with van der Waals surface area (Å²) in [5.41, 5.74) is 7.34. The fraction of sp³-hybridized carbons (Fsp3) is 0.429. The van der Waals surface area contributed by atoms with Crippen LogP contribution < -0.4 is 16.2 Å². The van der Waals surface area contributed by atoms with Gasteiger partial charge in [0.05, 0.1) is 13.0 Å². The van der Waals surface area contributed by atoms with Crippen LogP contribution in [0.4, 0.5) is 0 Å². The summed E-state index contributed by atoms with van der Waals surface area (Å²) in [7, 11) is 1.62. The Balaban J connectivity index is 2.33. The molecule has 1 amide bonds. The SMILES string of the molecule is COC[C@H](C)NC(=S)NNC(=O)Cc1ccccc1C. The lowest BCUT2D eigenvalue weighted by Crippen LogP contribution is -2.50. The predicted molar refractivity (Wildman–Crippen MR) is 83.2 cm³/mol. The highest BCUT2D eigenvalue weighted by atomic mass is 32.1. The van der Waals surface area contributed by atoms with E-state index in [9.17, 15) is 4.79 Å². The fourth-order valence-corrected chi connectivity index (χ4v) is 1.96. The van der Waals surface area contributed by atoms with Crippen LogP contribution in [0.1, 0.15) is 18.1 Å². The normalized spacial score (nSPS) is 11.6. The van der Waals surface area contributed by atoms with Crippen LogP contribution in [0.25, 0.3) is 0 Å². The van der Waals surface area contributed by atoms with Crippen LogP contribution in [-0.4, -0.2) is 30.8 Å². The quantitative estimate of drug-likeness (QED) is 0.560. The van der Waals surface area contributed by atoms with Gasteiger partial charge in [-0.05, 0) is 37.2 Å². The summed E-state index contributed by atoms with van der Waals surface area (Å²) in [6, 6.07) is 7.86. The molecule has 20 heavy (non-hydrogen) atoms. The third-order valence-corrected chi connectivity index (χ3v) is 2.94. The molecule has 0 bridgehead atoms. The second-order valence-electron chi connectivity index (χ2n) is 4.61. The molecule has 0 saturated heterocycles. The minimum absolute atomic E-state index is 0.0771. The Bertz CT molecular complexity index is 465. The molecule has 0 fully saturated rings. The van der Waals surface area contributed by atoms with Gasteiger partial charge in [0, 0.05) is 13.2 Å².